The first-order valence-corrected chi connectivity index (χ1v) is 9.83. The van der Waals surface area contributed by atoms with Crippen molar-refractivity contribution in [3.63, 3.8) is 0 Å². The minimum Gasteiger partial charge on any atom is -0.423 e. The highest BCUT2D eigenvalue weighted by molar-refractivity contribution is 6.07. The van der Waals surface area contributed by atoms with Gasteiger partial charge in [-0.3, -0.25) is 14.7 Å². The number of carbonyl (C=O) groups excluding carboxylic acids is 2. The number of urea groups is 1. The number of aromatic nitrogens is 1. The third kappa shape index (κ3) is 3.16. The smallest absolute Gasteiger partial charge is 0.336 e. The molecule has 0 radical (unpaired) electrons. The summed E-state index contributed by atoms with van der Waals surface area (Å²) in [7, 11) is 0. The Labute approximate surface area is 173 Å². The summed E-state index contributed by atoms with van der Waals surface area (Å²) in [5.41, 5.74) is 1.84. The average Bonchev–Trinajstić information content (AvgIpc) is 2.91. The highest BCUT2D eigenvalue weighted by atomic mass is 16.4. The lowest BCUT2D eigenvalue weighted by molar-refractivity contribution is -0.131. The fourth-order valence-corrected chi connectivity index (χ4v) is 3.99. The van der Waals surface area contributed by atoms with Crippen molar-refractivity contribution < 1.29 is 14.0 Å². The number of fused-ring (bicyclic) bond motifs is 1. The molecule has 0 aliphatic carbocycles. The number of carbonyl (C=O) groups is 2. The molecule has 1 aromatic carbocycles. The Morgan fingerprint density at radius 1 is 1.17 bits per heavy atom. The van der Waals surface area contributed by atoms with E-state index < -0.39 is 23.1 Å². The fraction of sp³-hybridized carbons (Fsp3) is 0.304. The molecule has 3 amide bonds. The van der Waals surface area contributed by atoms with E-state index >= 15 is 0 Å². The van der Waals surface area contributed by atoms with Gasteiger partial charge in [-0.05, 0) is 60.7 Å². The lowest BCUT2D eigenvalue weighted by Crippen LogP contribution is -2.41. The van der Waals surface area contributed by atoms with Gasteiger partial charge in [-0.15, -0.1) is 0 Å². The molecule has 7 nitrogen and oxygen atoms in total. The average molecular weight is 405 g/mol. The topological polar surface area (TPSA) is 92.5 Å². The van der Waals surface area contributed by atoms with Gasteiger partial charge in [-0.1, -0.05) is 19.9 Å². The predicted octanol–water partition coefficient (Wildman–Crippen LogP) is 3.59. The molecule has 154 valence electrons. The van der Waals surface area contributed by atoms with Crippen molar-refractivity contribution in [2.45, 2.75) is 45.7 Å². The van der Waals surface area contributed by atoms with Crippen molar-refractivity contribution in [2.24, 2.45) is 0 Å². The van der Waals surface area contributed by atoms with E-state index in [1.165, 1.54) is 6.07 Å². The van der Waals surface area contributed by atoms with E-state index in [2.05, 4.69) is 24.1 Å². The van der Waals surface area contributed by atoms with Crippen LogP contribution in [0, 0.1) is 6.92 Å². The van der Waals surface area contributed by atoms with Crippen LogP contribution in [0.4, 0.5) is 4.79 Å². The standard InChI is InChI=1S/C23H23N3O4/c1-13(2)16-11-17-15(10-20(27)30-18(17)9-14(16)3)12-26-21(28)23(4,25-22(26)29)19-7-5-6-8-24-19/h5-11,13H,12H2,1-4H3,(H,25,29). The first kappa shape index (κ1) is 19.8. The van der Waals surface area contributed by atoms with Gasteiger partial charge in [-0.2, -0.15) is 0 Å². The normalized spacial score (nSPS) is 19.0. The zero-order valence-electron chi connectivity index (χ0n) is 17.4. The molecule has 1 unspecified atom stereocenters. The number of hydrogen-bond acceptors (Lipinski definition) is 5. The van der Waals surface area contributed by atoms with E-state index in [4.69, 9.17) is 4.42 Å². The zero-order chi connectivity index (χ0) is 21.6. The third-order valence-electron chi connectivity index (χ3n) is 5.62. The number of aryl methyl sites for hydroxylation is 1. The van der Waals surface area contributed by atoms with Crippen molar-refractivity contribution in [3.8, 4) is 0 Å². The number of amides is 3. The molecule has 3 aromatic rings. The molecular weight excluding hydrogens is 382 g/mol. The number of nitrogens with zero attached hydrogens (tertiary/aromatic N) is 2. The number of benzene rings is 1. The van der Waals surface area contributed by atoms with Gasteiger partial charge in [0.2, 0.25) is 0 Å². The van der Waals surface area contributed by atoms with Crippen molar-refractivity contribution >= 4 is 22.9 Å². The number of pyridine rings is 1. The highest BCUT2D eigenvalue weighted by Crippen LogP contribution is 2.31. The molecule has 1 N–H and O–H groups in total. The van der Waals surface area contributed by atoms with Gasteiger partial charge in [0.25, 0.3) is 5.91 Å². The first-order valence-electron chi connectivity index (χ1n) is 9.83. The molecule has 1 atom stereocenters. The highest BCUT2D eigenvalue weighted by Gasteiger charge is 2.50. The second kappa shape index (κ2) is 7.09. The van der Waals surface area contributed by atoms with E-state index in [1.807, 2.05) is 19.1 Å². The van der Waals surface area contributed by atoms with Gasteiger partial charge in [0, 0.05) is 17.6 Å². The van der Waals surface area contributed by atoms with E-state index in [0.29, 0.717) is 16.8 Å². The van der Waals surface area contributed by atoms with Crippen LogP contribution in [0.2, 0.25) is 0 Å². The summed E-state index contributed by atoms with van der Waals surface area (Å²) >= 11 is 0. The Kier molecular flexibility index (Phi) is 4.68. The second-order valence-corrected chi connectivity index (χ2v) is 8.11. The van der Waals surface area contributed by atoms with Crippen molar-refractivity contribution in [1.29, 1.82) is 0 Å². The van der Waals surface area contributed by atoms with Crippen LogP contribution in [0.15, 0.2) is 51.8 Å². The quantitative estimate of drug-likeness (QED) is 0.529. The van der Waals surface area contributed by atoms with E-state index in [9.17, 15) is 14.4 Å². The van der Waals surface area contributed by atoms with Crippen LogP contribution in [0.5, 0.6) is 0 Å². The van der Waals surface area contributed by atoms with Gasteiger partial charge in [0.15, 0.2) is 5.54 Å². The molecule has 1 aliphatic rings. The van der Waals surface area contributed by atoms with Crippen LogP contribution in [-0.2, 0) is 16.9 Å². The lowest BCUT2D eigenvalue weighted by Gasteiger charge is -2.21. The Morgan fingerprint density at radius 2 is 1.93 bits per heavy atom. The van der Waals surface area contributed by atoms with Crippen molar-refractivity contribution in [3.05, 3.63) is 75.4 Å². The van der Waals surface area contributed by atoms with Gasteiger partial charge >= 0.3 is 11.7 Å². The molecule has 1 fully saturated rings. The van der Waals surface area contributed by atoms with Crippen LogP contribution < -0.4 is 10.9 Å². The van der Waals surface area contributed by atoms with Gasteiger partial charge in [0.1, 0.15) is 5.58 Å². The molecule has 0 spiro atoms. The number of hydrogen-bond donors (Lipinski definition) is 1. The SMILES string of the molecule is Cc1cc2oc(=O)cc(CN3C(=O)NC(C)(c4ccccn4)C3=O)c2cc1C(C)C. The maximum Gasteiger partial charge on any atom is 0.336 e. The largest absolute Gasteiger partial charge is 0.423 e. The van der Waals surface area contributed by atoms with Crippen molar-refractivity contribution in [1.82, 2.24) is 15.2 Å². The van der Waals surface area contributed by atoms with Gasteiger partial charge < -0.3 is 9.73 Å². The molecule has 0 saturated carbocycles. The minimum atomic E-state index is -1.26. The predicted molar refractivity (Wildman–Crippen MR) is 112 cm³/mol. The Hall–Kier alpha value is -3.48. The monoisotopic (exact) mass is 405 g/mol. The van der Waals surface area contributed by atoms with E-state index in [1.54, 1.807) is 31.3 Å². The lowest BCUT2D eigenvalue weighted by atomic mass is 9.94. The Bertz CT molecular complexity index is 1220. The molecule has 1 saturated heterocycles. The van der Waals surface area contributed by atoms with E-state index in [-0.39, 0.29) is 12.5 Å². The van der Waals surface area contributed by atoms with Gasteiger partial charge in [-0.25, -0.2) is 9.59 Å². The van der Waals surface area contributed by atoms with Crippen LogP contribution >= 0.6 is 0 Å². The first-order chi connectivity index (χ1) is 14.2. The molecule has 2 aromatic heterocycles. The van der Waals surface area contributed by atoms with Crippen molar-refractivity contribution in [2.75, 3.05) is 0 Å². The Balaban J connectivity index is 1.77. The maximum absolute atomic E-state index is 13.2. The van der Waals surface area contributed by atoms with Crippen LogP contribution in [-0.4, -0.2) is 21.8 Å². The summed E-state index contributed by atoms with van der Waals surface area (Å²) in [4.78, 5) is 43.4. The number of nitrogens with one attached hydrogen (secondary N) is 1. The molecule has 1 aliphatic heterocycles. The molecular formula is C23H23N3O4. The fourth-order valence-electron chi connectivity index (χ4n) is 3.99. The second-order valence-electron chi connectivity index (χ2n) is 8.11. The summed E-state index contributed by atoms with van der Waals surface area (Å²) in [5.74, 6) is -0.137. The van der Waals surface area contributed by atoms with Gasteiger partial charge in [0.05, 0.1) is 12.2 Å². The summed E-state index contributed by atoms with van der Waals surface area (Å²) < 4.78 is 5.38. The minimum absolute atomic E-state index is 0.0320. The molecule has 0 bridgehead atoms. The molecule has 3 heterocycles. The Morgan fingerprint density at radius 3 is 2.60 bits per heavy atom. The van der Waals surface area contributed by atoms with Crippen LogP contribution in [0.3, 0.4) is 0 Å². The maximum atomic E-state index is 13.2. The summed E-state index contributed by atoms with van der Waals surface area (Å²) in [6, 6.07) is 9.84. The number of rotatable bonds is 4. The third-order valence-corrected chi connectivity index (χ3v) is 5.62. The molecule has 7 heteroatoms. The summed E-state index contributed by atoms with van der Waals surface area (Å²) in [5, 5.41) is 3.46. The summed E-state index contributed by atoms with van der Waals surface area (Å²) in [6.07, 6.45) is 1.58. The van der Waals surface area contributed by atoms with E-state index in [0.717, 1.165) is 21.4 Å². The van der Waals surface area contributed by atoms with Crippen LogP contribution in [0.25, 0.3) is 11.0 Å². The molecule has 30 heavy (non-hydrogen) atoms. The zero-order valence-corrected chi connectivity index (χ0v) is 17.4. The number of imide groups is 1. The molecule has 4 rings (SSSR count). The van der Waals surface area contributed by atoms with Crippen LogP contribution in [0.1, 0.15) is 49.1 Å². The summed E-state index contributed by atoms with van der Waals surface area (Å²) in [6.45, 7) is 7.74.